The van der Waals surface area contributed by atoms with Gasteiger partial charge in [0.05, 0.1) is 5.69 Å². The van der Waals surface area contributed by atoms with Crippen LogP contribution in [0.1, 0.15) is 15.9 Å². The van der Waals surface area contributed by atoms with Crippen molar-refractivity contribution in [2.45, 2.75) is 6.54 Å². The summed E-state index contributed by atoms with van der Waals surface area (Å²) in [6.45, 7) is 0.353. The molecule has 0 saturated heterocycles. The highest BCUT2D eigenvalue weighted by molar-refractivity contribution is 6.31. The van der Waals surface area contributed by atoms with Crippen molar-refractivity contribution in [3.05, 3.63) is 107 Å². The van der Waals surface area contributed by atoms with Gasteiger partial charge < -0.3 is 10.6 Å². The third-order valence-electron chi connectivity index (χ3n) is 4.62. The Bertz CT molecular complexity index is 1200. The number of hydrogen-bond acceptors (Lipinski definition) is 4. The number of amides is 1. The van der Waals surface area contributed by atoms with Gasteiger partial charge in [0.1, 0.15) is 18.0 Å². The Morgan fingerprint density at radius 2 is 1.68 bits per heavy atom. The van der Waals surface area contributed by atoms with Crippen molar-refractivity contribution in [3.63, 3.8) is 0 Å². The normalized spacial score (nSPS) is 10.5. The molecule has 0 unspecified atom stereocenters. The Morgan fingerprint density at radius 3 is 2.42 bits per heavy atom. The minimum absolute atomic E-state index is 0.188. The molecule has 0 atom stereocenters. The fourth-order valence-corrected chi connectivity index (χ4v) is 3.18. The van der Waals surface area contributed by atoms with Gasteiger partial charge in [0.25, 0.3) is 5.91 Å². The fourth-order valence-electron chi connectivity index (χ4n) is 2.98. The zero-order valence-electron chi connectivity index (χ0n) is 16.3. The summed E-state index contributed by atoms with van der Waals surface area (Å²) in [5.41, 5.74) is 3.63. The molecule has 1 amide bonds. The van der Waals surface area contributed by atoms with Crippen LogP contribution in [0.3, 0.4) is 0 Å². The molecule has 154 valence electrons. The summed E-state index contributed by atoms with van der Waals surface area (Å²) >= 11 is 6.12. The predicted molar refractivity (Wildman–Crippen MR) is 120 cm³/mol. The van der Waals surface area contributed by atoms with Crippen molar-refractivity contribution >= 4 is 29.0 Å². The fraction of sp³-hybridized carbons (Fsp3) is 0.0417. The lowest BCUT2D eigenvalue weighted by atomic mass is 10.1. The van der Waals surface area contributed by atoms with Gasteiger partial charge in [-0.25, -0.2) is 14.4 Å². The van der Waals surface area contributed by atoms with Crippen LogP contribution in [0.5, 0.6) is 0 Å². The van der Waals surface area contributed by atoms with E-state index in [4.69, 9.17) is 11.6 Å². The second kappa shape index (κ2) is 9.36. The molecule has 0 saturated carbocycles. The molecule has 0 aliphatic rings. The van der Waals surface area contributed by atoms with E-state index in [0.717, 1.165) is 16.8 Å². The highest BCUT2D eigenvalue weighted by Gasteiger charge is 2.08. The molecular weight excluding hydrogens is 415 g/mol. The third kappa shape index (κ3) is 5.24. The minimum Gasteiger partial charge on any atom is -0.348 e. The smallest absolute Gasteiger partial charge is 0.251 e. The van der Waals surface area contributed by atoms with Gasteiger partial charge in [-0.2, -0.15) is 0 Å². The first-order valence-corrected chi connectivity index (χ1v) is 9.93. The second-order valence-corrected chi connectivity index (χ2v) is 7.18. The Labute approximate surface area is 184 Å². The number of carbonyl (C=O) groups is 1. The van der Waals surface area contributed by atoms with Crippen LogP contribution in [0, 0.1) is 5.82 Å². The average Bonchev–Trinajstić information content (AvgIpc) is 2.79. The van der Waals surface area contributed by atoms with E-state index in [-0.39, 0.29) is 11.7 Å². The summed E-state index contributed by atoms with van der Waals surface area (Å²) in [5, 5.41) is 6.66. The molecule has 7 heteroatoms. The Balaban J connectivity index is 1.40. The molecule has 0 fully saturated rings. The largest absolute Gasteiger partial charge is 0.348 e. The number of nitrogens with one attached hydrogen (secondary N) is 2. The number of rotatable bonds is 6. The molecule has 31 heavy (non-hydrogen) atoms. The van der Waals surface area contributed by atoms with Crippen LogP contribution in [-0.2, 0) is 6.54 Å². The summed E-state index contributed by atoms with van der Waals surface area (Å²) in [4.78, 5) is 20.9. The van der Waals surface area contributed by atoms with E-state index in [1.54, 1.807) is 48.5 Å². The second-order valence-electron chi connectivity index (χ2n) is 6.77. The highest BCUT2D eigenvalue weighted by atomic mass is 35.5. The number of anilines is 2. The van der Waals surface area contributed by atoms with Crippen molar-refractivity contribution in [1.29, 1.82) is 0 Å². The van der Waals surface area contributed by atoms with E-state index in [1.807, 2.05) is 18.2 Å². The first kappa shape index (κ1) is 20.5. The summed E-state index contributed by atoms with van der Waals surface area (Å²) in [5.74, 6) is 0.101. The van der Waals surface area contributed by atoms with Crippen molar-refractivity contribution in [1.82, 2.24) is 15.3 Å². The lowest BCUT2D eigenvalue weighted by molar-refractivity contribution is 0.0951. The number of nitrogens with zero attached hydrogens (tertiary/aromatic N) is 2. The van der Waals surface area contributed by atoms with Crippen molar-refractivity contribution in [2.75, 3.05) is 5.32 Å². The minimum atomic E-state index is -0.299. The van der Waals surface area contributed by atoms with Crippen LogP contribution < -0.4 is 10.6 Å². The number of hydrogen-bond donors (Lipinski definition) is 2. The van der Waals surface area contributed by atoms with Gasteiger partial charge in [-0.1, -0.05) is 29.8 Å². The molecule has 0 spiro atoms. The van der Waals surface area contributed by atoms with Gasteiger partial charge in [0.2, 0.25) is 0 Å². The van der Waals surface area contributed by atoms with E-state index in [2.05, 4.69) is 20.6 Å². The van der Waals surface area contributed by atoms with Gasteiger partial charge >= 0.3 is 0 Å². The molecule has 1 aromatic heterocycles. The van der Waals surface area contributed by atoms with Crippen LogP contribution in [-0.4, -0.2) is 15.9 Å². The van der Waals surface area contributed by atoms with Crippen LogP contribution >= 0.6 is 11.6 Å². The Morgan fingerprint density at radius 1 is 0.935 bits per heavy atom. The van der Waals surface area contributed by atoms with E-state index >= 15 is 0 Å². The van der Waals surface area contributed by atoms with Crippen molar-refractivity contribution in [3.8, 4) is 11.3 Å². The lowest BCUT2D eigenvalue weighted by Crippen LogP contribution is -2.22. The van der Waals surface area contributed by atoms with E-state index in [9.17, 15) is 9.18 Å². The molecule has 4 rings (SSSR count). The standard InChI is InChI=1S/C24H18ClFN4O/c25-21-4-2-1-3-18(21)14-27-24(31)17-7-11-20(12-8-17)30-23-13-22(28-15-29-23)16-5-9-19(26)10-6-16/h1-13,15H,14H2,(H,27,31)(H,28,29,30). The Kier molecular flexibility index (Phi) is 6.19. The summed E-state index contributed by atoms with van der Waals surface area (Å²) in [6, 6.07) is 22.3. The number of halogens is 2. The molecule has 0 aliphatic carbocycles. The van der Waals surface area contributed by atoms with Crippen molar-refractivity contribution < 1.29 is 9.18 Å². The molecule has 0 bridgehead atoms. The van der Waals surface area contributed by atoms with Gasteiger partial charge in [-0.3, -0.25) is 4.79 Å². The monoisotopic (exact) mass is 432 g/mol. The van der Waals surface area contributed by atoms with Crippen LogP contribution in [0.15, 0.2) is 85.2 Å². The Hall–Kier alpha value is -3.77. The SMILES string of the molecule is O=C(NCc1ccccc1Cl)c1ccc(Nc2cc(-c3ccc(F)cc3)ncn2)cc1. The van der Waals surface area contributed by atoms with E-state index < -0.39 is 0 Å². The van der Waals surface area contributed by atoms with Crippen LogP contribution in [0.2, 0.25) is 5.02 Å². The number of benzene rings is 3. The van der Waals surface area contributed by atoms with E-state index in [1.165, 1.54) is 18.5 Å². The van der Waals surface area contributed by atoms with Gasteiger partial charge in [0.15, 0.2) is 0 Å². The summed E-state index contributed by atoms with van der Waals surface area (Å²) in [7, 11) is 0. The maximum absolute atomic E-state index is 13.1. The highest BCUT2D eigenvalue weighted by Crippen LogP contribution is 2.22. The van der Waals surface area contributed by atoms with Gasteiger partial charge in [-0.05, 0) is 60.2 Å². The molecule has 3 aromatic carbocycles. The molecule has 5 nitrogen and oxygen atoms in total. The zero-order valence-corrected chi connectivity index (χ0v) is 17.1. The molecule has 1 heterocycles. The van der Waals surface area contributed by atoms with Gasteiger partial charge in [0, 0.05) is 34.4 Å². The quantitative estimate of drug-likeness (QED) is 0.415. The number of carbonyl (C=O) groups excluding carboxylic acids is 1. The van der Waals surface area contributed by atoms with Crippen LogP contribution in [0.25, 0.3) is 11.3 Å². The number of aromatic nitrogens is 2. The summed E-state index contributed by atoms with van der Waals surface area (Å²) in [6.07, 6.45) is 1.44. The maximum Gasteiger partial charge on any atom is 0.251 e. The summed E-state index contributed by atoms with van der Waals surface area (Å²) < 4.78 is 13.1. The third-order valence-corrected chi connectivity index (χ3v) is 4.99. The van der Waals surface area contributed by atoms with Crippen molar-refractivity contribution in [2.24, 2.45) is 0 Å². The zero-order chi connectivity index (χ0) is 21.6. The van der Waals surface area contributed by atoms with E-state index in [0.29, 0.717) is 28.6 Å². The molecule has 2 N–H and O–H groups in total. The molecule has 0 aliphatic heterocycles. The average molecular weight is 433 g/mol. The van der Waals surface area contributed by atoms with Crippen LogP contribution in [0.4, 0.5) is 15.9 Å². The first-order chi connectivity index (χ1) is 15.1. The van der Waals surface area contributed by atoms with Gasteiger partial charge in [-0.15, -0.1) is 0 Å². The molecular formula is C24H18ClFN4O. The molecule has 0 radical (unpaired) electrons. The topological polar surface area (TPSA) is 66.9 Å². The maximum atomic E-state index is 13.1. The molecule has 4 aromatic rings. The predicted octanol–water partition coefficient (Wildman–Crippen LogP) is 5.61. The first-order valence-electron chi connectivity index (χ1n) is 9.55. The lowest BCUT2D eigenvalue weighted by Gasteiger charge is -2.09.